The number of nitrogens with one attached hydrogen (secondary N) is 8. The highest BCUT2D eigenvalue weighted by Crippen LogP contribution is 2.28. The van der Waals surface area contributed by atoms with Gasteiger partial charge in [0.1, 0.15) is 35.7 Å². The van der Waals surface area contributed by atoms with Gasteiger partial charge < -0.3 is 64.3 Å². The molecule has 1 aromatic heterocycles. The molecule has 0 unspecified atom stereocenters. The molecule has 3 aromatic carbocycles. The predicted octanol–water partition coefficient (Wildman–Crippen LogP) is 1.26. The Balaban J connectivity index is 1.39. The molecule has 21 nitrogen and oxygen atoms in total. The van der Waals surface area contributed by atoms with Crippen molar-refractivity contribution >= 4 is 69.8 Å². The summed E-state index contributed by atoms with van der Waals surface area (Å²) >= 11 is 0. The number of carbonyl (C=O) groups is 8. The third kappa shape index (κ3) is 16.5. The highest BCUT2D eigenvalue weighted by Gasteiger charge is 2.46. The van der Waals surface area contributed by atoms with Gasteiger partial charge in [-0.3, -0.25) is 43.3 Å². The fourth-order valence-corrected chi connectivity index (χ4v) is 9.37. The second kappa shape index (κ2) is 27.4. The number of aryl methyl sites for hydroxylation is 1. The molecule has 5 atom stereocenters. The summed E-state index contributed by atoms with van der Waals surface area (Å²) in [6.45, 7) is 4.72. The molecule has 8 amide bonds. The molecule has 2 aliphatic rings. The van der Waals surface area contributed by atoms with E-state index in [4.69, 9.17) is 17.2 Å². The topological polar surface area (TPSA) is 330 Å². The molecule has 2 fully saturated rings. The Morgan fingerprint density at radius 2 is 1.43 bits per heavy atom. The Morgan fingerprint density at radius 1 is 0.760 bits per heavy atom. The maximum atomic E-state index is 15.2. The van der Waals surface area contributed by atoms with Crippen LogP contribution in [0.1, 0.15) is 94.2 Å². The molecule has 402 valence electrons. The van der Waals surface area contributed by atoms with Crippen molar-refractivity contribution in [3.05, 3.63) is 102 Å². The number of primary amides is 1. The molecule has 0 bridgehead atoms. The number of aliphatic imine (C=N–C) groups is 1. The molecule has 0 radical (unpaired) electrons. The number of benzene rings is 3. The average Bonchev–Trinajstić information content (AvgIpc) is 3.80. The lowest BCUT2D eigenvalue weighted by molar-refractivity contribution is -0.139. The lowest BCUT2D eigenvalue weighted by atomic mass is 9.85. The number of nitrogens with two attached hydrogens (primary N) is 3. The number of anilines is 1. The van der Waals surface area contributed by atoms with Gasteiger partial charge in [0.15, 0.2) is 5.96 Å². The van der Waals surface area contributed by atoms with E-state index in [0.29, 0.717) is 49.9 Å². The number of unbranched alkanes of at least 4 members (excludes halogenated alkanes) is 1. The van der Waals surface area contributed by atoms with Crippen molar-refractivity contribution in [1.82, 2.24) is 42.2 Å². The van der Waals surface area contributed by atoms with Crippen LogP contribution in [0.4, 0.5) is 5.69 Å². The number of amides is 8. The number of para-hydroxylation sites is 1. The second-order valence-corrected chi connectivity index (χ2v) is 19.5. The van der Waals surface area contributed by atoms with Crippen molar-refractivity contribution in [2.75, 3.05) is 31.1 Å². The predicted molar refractivity (Wildman–Crippen MR) is 285 cm³/mol. The van der Waals surface area contributed by atoms with E-state index < -0.39 is 89.4 Å². The molecule has 0 saturated carbocycles. The Hall–Kier alpha value is -7.97. The number of fused-ring (bicyclic) bond motifs is 1. The van der Waals surface area contributed by atoms with Gasteiger partial charge in [-0.2, -0.15) is 0 Å². The summed E-state index contributed by atoms with van der Waals surface area (Å²) < 4.78 is 0. The Bertz CT molecular complexity index is 2650. The number of nitrogens with zero attached hydrogens (tertiary/aromatic N) is 2. The molecule has 2 aliphatic heterocycles. The summed E-state index contributed by atoms with van der Waals surface area (Å²) in [6, 6.07) is 17.8. The molecule has 2 saturated heterocycles. The fourth-order valence-electron chi connectivity index (χ4n) is 9.37. The first-order valence-electron chi connectivity index (χ1n) is 25.9. The largest absolute Gasteiger partial charge is 0.371 e. The zero-order valence-electron chi connectivity index (χ0n) is 42.9. The fraction of sp³-hybridized carbons (Fsp3) is 0.463. The number of aromatic amines is 1. The SMILES string of the molecule is CCCCC(=O)N[C@H]1CC(=O)NCCCC[C@@H](C(N)=O)NC(=O)[C@H](Cc2c[nH]c3ccccc23)NC(=O)[C@H](CCCN=C(N)N)NC(=O)[C@@H](Cc2ccccc2)NC(=O)C2(CCN(c3ccc(C)cc3)CC2)NC1=O. The van der Waals surface area contributed by atoms with E-state index in [1.807, 2.05) is 62.4 Å². The van der Waals surface area contributed by atoms with E-state index in [0.717, 1.165) is 22.2 Å². The molecule has 75 heavy (non-hydrogen) atoms. The van der Waals surface area contributed by atoms with Gasteiger partial charge in [0.2, 0.25) is 47.3 Å². The third-order valence-corrected chi connectivity index (χ3v) is 13.7. The minimum Gasteiger partial charge on any atom is -0.371 e. The van der Waals surface area contributed by atoms with Gasteiger partial charge in [0.25, 0.3) is 0 Å². The van der Waals surface area contributed by atoms with Crippen LogP contribution in [0.2, 0.25) is 0 Å². The first-order chi connectivity index (χ1) is 36.0. The number of H-pyrrole nitrogens is 1. The summed E-state index contributed by atoms with van der Waals surface area (Å²) in [5, 5.41) is 20.6. The van der Waals surface area contributed by atoms with Gasteiger partial charge in [-0.05, 0) is 87.6 Å². The van der Waals surface area contributed by atoms with Crippen molar-refractivity contribution in [1.29, 1.82) is 0 Å². The van der Waals surface area contributed by atoms with Crippen LogP contribution < -0.4 is 59.3 Å². The van der Waals surface area contributed by atoms with Crippen LogP contribution in [0.5, 0.6) is 0 Å². The summed E-state index contributed by atoms with van der Waals surface area (Å²) in [5.74, 6) is -5.68. The van der Waals surface area contributed by atoms with E-state index >= 15 is 4.79 Å². The van der Waals surface area contributed by atoms with Gasteiger partial charge >= 0.3 is 0 Å². The monoisotopic (exact) mass is 1030 g/mol. The number of guanidine groups is 1. The first-order valence-corrected chi connectivity index (χ1v) is 25.9. The zero-order valence-corrected chi connectivity index (χ0v) is 42.9. The van der Waals surface area contributed by atoms with Crippen LogP contribution >= 0.6 is 0 Å². The lowest BCUT2D eigenvalue weighted by Gasteiger charge is -2.43. The van der Waals surface area contributed by atoms with Crippen LogP contribution in [0.25, 0.3) is 10.9 Å². The molecule has 21 heteroatoms. The molecular weight excluding hydrogens is 959 g/mol. The van der Waals surface area contributed by atoms with Crippen molar-refractivity contribution in [3.63, 3.8) is 0 Å². The quantitative estimate of drug-likeness (QED) is 0.0485. The van der Waals surface area contributed by atoms with Crippen LogP contribution in [0.15, 0.2) is 90.1 Å². The van der Waals surface area contributed by atoms with Crippen molar-refractivity contribution in [3.8, 4) is 0 Å². The first kappa shape index (κ1) is 56.3. The summed E-state index contributed by atoms with van der Waals surface area (Å²) in [4.78, 5) is 123. The van der Waals surface area contributed by atoms with E-state index in [1.54, 1.807) is 36.5 Å². The number of hydrogen-bond acceptors (Lipinski definition) is 10. The molecular formula is C54H73N13O8. The minimum atomic E-state index is -1.65. The van der Waals surface area contributed by atoms with Gasteiger partial charge in [-0.1, -0.05) is 79.6 Å². The standard InChI is InChI=1S/C54H73N13O8/c1-3-4-19-45(68)61-44-32-46(69)58-26-11-10-17-40(47(55)70)62-50(73)43(31-36-33-60-39-16-9-8-15-38(36)39)64-48(71)41(18-12-27-59-53(56)57)63-49(72)42(30-35-13-6-5-7-14-35)65-52(75)54(66-51(44)74)24-28-67(29-25-54)37-22-20-34(2)21-23-37/h5-9,13-16,20-23,33,40-44,60H,3-4,10-12,17-19,24-32H2,1-2H3,(H2,55,70)(H,58,69)(H,61,68)(H,62,73)(H,63,72)(H,64,71)(H,65,75)(H,66,74)(H4,56,57,59)/t40-,41-,42+,43-,44-/m0/s1. The van der Waals surface area contributed by atoms with Gasteiger partial charge in [-0.25, -0.2) is 0 Å². The molecule has 0 aliphatic carbocycles. The molecule has 14 N–H and O–H groups in total. The van der Waals surface area contributed by atoms with Crippen LogP contribution in [0.3, 0.4) is 0 Å². The number of aromatic nitrogens is 1. The highest BCUT2D eigenvalue weighted by atomic mass is 16.2. The van der Waals surface area contributed by atoms with Crippen molar-refractivity contribution in [2.24, 2.45) is 22.2 Å². The molecule has 4 aromatic rings. The normalized spacial score (nSPS) is 21.6. The van der Waals surface area contributed by atoms with E-state index in [9.17, 15) is 33.6 Å². The van der Waals surface area contributed by atoms with E-state index in [2.05, 4.69) is 52.1 Å². The molecule has 6 rings (SSSR count). The van der Waals surface area contributed by atoms with Gasteiger partial charge in [0, 0.05) is 68.2 Å². The summed E-state index contributed by atoms with van der Waals surface area (Å²) in [7, 11) is 0. The second-order valence-electron chi connectivity index (χ2n) is 19.5. The highest BCUT2D eigenvalue weighted by molar-refractivity contribution is 6.00. The average molecular weight is 1030 g/mol. The summed E-state index contributed by atoms with van der Waals surface area (Å²) in [6.07, 6.45) is 3.61. The Morgan fingerprint density at radius 3 is 2.13 bits per heavy atom. The maximum Gasteiger partial charge on any atom is 0.246 e. The van der Waals surface area contributed by atoms with Gasteiger partial charge in [-0.15, -0.1) is 0 Å². The number of carbonyl (C=O) groups excluding carboxylic acids is 8. The summed E-state index contributed by atoms with van der Waals surface area (Å²) in [5.41, 5.74) is 19.5. The van der Waals surface area contributed by atoms with E-state index in [1.165, 1.54) is 0 Å². The smallest absolute Gasteiger partial charge is 0.246 e. The van der Waals surface area contributed by atoms with Crippen LogP contribution in [-0.4, -0.2) is 120 Å². The Labute approximate surface area is 437 Å². The van der Waals surface area contributed by atoms with Crippen molar-refractivity contribution < 1.29 is 38.4 Å². The van der Waals surface area contributed by atoms with Gasteiger partial charge in [0.05, 0.1) is 6.42 Å². The number of piperidine rings is 1. The Kier molecular flexibility index (Phi) is 20.5. The van der Waals surface area contributed by atoms with Crippen LogP contribution in [-0.2, 0) is 51.2 Å². The minimum absolute atomic E-state index is 0.0152. The van der Waals surface area contributed by atoms with Crippen molar-refractivity contribution in [2.45, 2.75) is 133 Å². The number of hydrogen-bond donors (Lipinski definition) is 11. The molecule has 3 heterocycles. The third-order valence-electron chi connectivity index (χ3n) is 13.7. The number of rotatable bonds is 14. The zero-order chi connectivity index (χ0) is 53.9. The maximum absolute atomic E-state index is 15.2. The van der Waals surface area contributed by atoms with Crippen LogP contribution in [0, 0.1) is 6.92 Å². The van der Waals surface area contributed by atoms with E-state index in [-0.39, 0.29) is 70.4 Å². The molecule has 1 spiro atoms. The lowest BCUT2D eigenvalue weighted by Crippen LogP contribution is -2.68.